The van der Waals surface area contributed by atoms with Crippen molar-refractivity contribution in [2.75, 3.05) is 18.0 Å². The lowest BCUT2D eigenvalue weighted by Crippen LogP contribution is -2.37. The lowest BCUT2D eigenvalue weighted by atomic mass is 10.1. The molecular weight excluding hydrogens is 340 g/mol. The normalized spacial score (nSPS) is 14.6. The van der Waals surface area contributed by atoms with E-state index in [1.165, 1.54) is 30.5 Å². The number of amides is 2. The van der Waals surface area contributed by atoms with Gasteiger partial charge in [0, 0.05) is 18.0 Å². The predicted octanol–water partition coefficient (Wildman–Crippen LogP) is 2.10. The SMILES string of the molecule is O=C(NCc1ccco1)C(=O)N/N=C\c1ccc(N2CCCCC2)s1. The minimum Gasteiger partial charge on any atom is -0.467 e. The highest BCUT2D eigenvalue weighted by molar-refractivity contribution is 7.17. The van der Waals surface area contributed by atoms with E-state index in [1.807, 2.05) is 6.07 Å². The molecule has 132 valence electrons. The summed E-state index contributed by atoms with van der Waals surface area (Å²) in [5, 5.41) is 7.52. The summed E-state index contributed by atoms with van der Waals surface area (Å²) in [6.07, 6.45) is 6.81. The summed E-state index contributed by atoms with van der Waals surface area (Å²) in [6, 6.07) is 7.45. The van der Waals surface area contributed by atoms with E-state index in [2.05, 4.69) is 26.8 Å². The van der Waals surface area contributed by atoms with Crippen molar-refractivity contribution in [2.24, 2.45) is 5.10 Å². The molecule has 0 bridgehead atoms. The molecule has 1 saturated heterocycles. The maximum atomic E-state index is 11.7. The number of carbonyl (C=O) groups is 2. The zero-order chi connectivity index (χ0) is 17.5. The zero-order valence-corrected chi connectivity index (χ0v) is 14.6. The first kappa shape index (κ1) is 17.2. The van der Waals surface area contributed by atoms with Crippen LogP contribution in [0.2, 0.25) is 0 Å². The van der Waals surface area contributed by atoms with E-state index in [1.54, 1.807) is 29.7 Å². The summed E-state index contributed by atoms with van der Waals surface area (Å²) < 4.78 is 5.08. The minimum absolute atomic E-state index is 0.160. The van der Waals surface area contributed by atoms with Gasteiger partial charge in [0.2, 0.25) is 0 Å². The van der Waals surface area contributed by atoms with Crippen LogP contribution in [0.3, 0.4) is 0 Å². The highest BCUT2D eigenvalue weighted by Crippen LogP contribution is 2.27. The maximum absolute atomic E-state index is 11.7. The highest BCUT2D eigenvalue weighted by Gasteiger charge is 2.14. The molecule has 1 aliphatic heterocycles. The number of furan rings is 1. The van der Waals surface area contributed by atoms with E-state index in [-0.39, 0.29) is 6.54 Å². The summed E-state index contributed by atoms with van der Waals surface area (Å²) in [5.41, 5.74) is 2.23. The van der Waals surface area contributed by atoms with Gasteiger partial charge in [-0.05, 0) is 43.5 Å². The molecule has 1 fully saturated rings. The van der Waals surface area contributed by atoms with Crippen molar-refractivity contribution in [1.29, 1.82) is 0 Å². The van der Waals surface area contributed by atoms with Crippen LogP contribution < -0.4 is 15.6 Å². The van der Waals surface area contributed by atoms with E-state index in [9.17, 15) is 9.59 Å². The molecular formula is C17H20N4O3S. The largest absolute Gasteiger partial charge is 0.467 e. The fraction of sp³-hybridized carbons (Fsp3) is 0.353. The van der Waals surface area contributed by atoms with E-state index >= 15 is 0 Å². The van der Waals surface area contributed by atoms with Crippen LogP contribution in [-0.4, -0.2) is 31.1 Å². The van der Waals surface area contributed by atoms with Gasteiger partial charge in [-0.1, -0.05) is 0 Å². The van der Waals surface area contributed by atoms with Crippen molar-refractivity contribution in [3.05, 3.63) is 41.2 Å². The van der Waals surface area contributed by atoms with E-state index in [0.717, 1.165) is 18.0 Å². The van der Waals surface area contributed by atoms with Crippen LogP contribution in [0.4, 0.5) is 5.00 Å². The smallest absolute Gasteiger partial charge is 0.329 e. The van der Waals surface area contributed by atoms with Crippen molar-refractivity contribution >= 4 is 34.4 Å². The first-order valence-corrected chi connectivity index (χ1v) is 9.02. The average Bonchev–Trinajstić information content (AvgIpc) is 3.32. The van der Waals surface area contributed by atoms with Crippen molar-refractivity contribution in [1.82, 2.24) is 10.7 Å². The molecule has 1 aliphatic rings. The number of rotatable bonds is 5. The molecule has 7 nitrogen and oxygen atoms in total. The maximum Gasteiger partial charge on any atom is 0.329 e. The topological polar surface area (TPSA) is 86.9 Å². The number of anilines is 1. The fourth-order valence-electron chi connectivity index (χ4n) is 2.56. The third kappa shape index (κ3) is 4.93. The van der Waals surface area contributed by atoms with E-state index in [0.29, 0.717) is 5.76 Å². The van der Waals surface area contributed by atoms with Crippen LogP contribution in [0.25, 0.3) is 0 Å². The molecule has 3 rings (SSSR count). The number of hydrogen-bond acceptors (Lipinski definition) is 6. The molecule has 0 atom stereocenters. The molecule has 0 aromatic carbocycles. The van der Waals surface area contributed by atoms with Gasteiger partial charge in [0.25, 0.3) is 0 Å². The van der Waals surface area contributed by atoms with Crippen molar-refractivity contribution in [2.45, 2.75) is 25.8 Å². The standard InChI is InChI=1S/C17H20N4O3S/c22-16(18-11-13-5-4-10-24-13)17(23)20-19-12-14-6-7-15(25-14)21-8-2-1-3-9-21/h4-7,10,12H,1-3,8-9,11H2,(H,18,22)(H,20,23)/b19-12-. The second-order valence-corrected chi connectivity index (χ2v) is 6.78. The second-order valence-electron chi connectivity index (χ2n) is 5.68. The van der Waals surface area contributed by atoms with Crippen molar-refractivity contribution in [3.8, 4) is 0 Å². The van der Waals surface area contributed by atoms with Crippen LogP contribution in [-0.2, 0) is 16.1 Å². The number of nitrogens with one attached hydrogen (secondary N) is 2. The first-order chi connectivity index (χ1) is 12.2. The van der Waals surface area contributed by atoms with Crippen LogP contribution in [0, 0.1) is 0 Å². The molecule has 2 aromatic rings. The Bertz CT molecular complexity index is 733. The van der Waals surface area contributed by atoms with Crippen LogP contribution in [0.15, 0.2) is 40.0 Å². The second kappa shape index (κ2) is 8.48. The molecule has 2 amide bonds. The summed E-state index contributed by atoms with van der Waals surface area (Å²) >= 11 is 1.62. The quantitative estimate of drug-likeness (QED) is 0.486. The van der Waals surface area contributed by atoms with Gasteiger partial charge in [-0.15, -0.1) is 11.3 Å². The zero-order valence-electron chi connectivity index (χ0n) is 13.7. The Morgan fingerprint density at radius 1 is 1.20 bits per heavy atom. The Hall–Kier alpha value is -2.61. The summed E-state index contributed by atoms with van der Waals surface area (Å²) in [7, 11) is 0. The molecule has 0 unspecified atom stereocenters. The molecule has 0 saturated carbocycles. The van der Waals surface area contributed by atoms with Gasteiger partial charge in [0.15, 0.2) is 0 Å². The van der Waals surface area contributed by atoms with Crippen LogP contribution in [0.5, 0.6) is 0 Å². The molecule has 2 aromatic heterocycles. The Morgan fingerprint density at radius 3 is 2.80 bits per heavy atom. The highest BCUT2D eigenvalue weighted by atomic mass is 32.1. The number of nitrogens with zero attached hydrogens (tertiary/aromatic N) is 2. The van der Waals surface area contributed by atoms with Gasteiger partial charge in [0.1, 0.15) is 5.76 Å². The molecule has 8 heteroatoms. The lowest BCUT2D eigenvalue weighted by molar-refractivity contribution is -0.139. The average molecular weight is 360 g/mol. The van der Waals surface area contributed by atoms with Crippen molar-refractivity contribution < 1.29 is 14.0 Å². The molecule has 0 spiro atoms. The van der Waals surface area contributed by atoms with E-state index in [4.69, 9.17) is 4.42 Å². The minimum atomic E-state index is -0.810. The Labute approximate surface area is 149 Å². The first-order valence-electron chi connectivity index (χ1n) is 8.21. The van der Waals surface area contributed by atoms with Gasteiger partial charge >= 0.3 is 11.8 Å². The lowest BCUT2D eigenvalue weighted by Gasteiger charge is -2.27. The number of hydrogen-bond donors (Lipinski definition) is 2. The monoisotopic (exact) mass is 360 g/mol. The van der Waals surface area contributed by atoms with Crippen LogP contribution >= 0.6 is 11.3 Å². The Morgan fingerprint density at radius 2 is 2.04 bits per heavy atom. The summed E-state index contributed by atoms with van der Waals surface area (Å²) in [6.45, 7) is 2.33. The van der Waals surface area contributed by atoms with Crippen LogP contribution in [0.1, 0.15) is 29.9 Å². The van der Waals surface area contributed by atoms with Gasteiger partial charge in [-0.25, -0.2) is 5.43 Å². The number of carbonyl (C=O) groups excluding carboxylic acids is 2. The number of thiophene rings is 1. The third-order valence-electron chi connectivity index (χ3n) is 3.85. The third-order valence-corrected chi connectivity index (χ3v) is 4.93. The fourth-order valence-corrected chi connectivity index (χ4v) is 3.49. The molecule has 3 heterocycles. The summed E-state index contributed by atoms with van der Waals surface area (Å²) in [5.74, 6) is -0.988. The van der Waals surface area contributed by atoms with Gasteiger partial charge in [-0.3, -0.25) is 9.59 Å². The van der Waals surface area contributed by atoms with Gasteiger partial charge < -0.3 is 14.6 Å². The van der Waals surface area contributed by atoms with Gasteiger partial charge in [-0.2, -0.15) is 5.10 Å². The molecule has 0 aliphatic carbocycles. The Kier molecular flexibility index (Phi) is 5.84. The Balaban J connectivity index is 1.45. The van der Waals surface area contributed by atoms with Crippen molar-refractivity contribution in [3.63, 3.8) is 0 Å². The number of hydrazone groups is 1. The molecule has 25 heavy (non-hydrogen) atoms. The predicted molar refractivity (Wildman–Crippen MR) is 96.7 cm³/mol. The summed E-state index contributed by atoms with van der Waals surface area (Å²) in [4.78, 5) is 26.6. The van der Waals surface area contributed by atoms with Gasteiger partial charge in [0.05, 0.1) is 24.0 Å². The number of piperidine rings is 1. The van der Waals surface area contributed by atoms with E-state index < -0.39 is 11.8 Å². The molecule has 2 N–H and O–H groups in total. The molecule has 0 radical (unpaired) electrons.